The molecule has 0 saturated heterocycles. The second-order valence-electron chi connectivity index (χ2n) is 5.94. The standard InChI is InChI=1S/C14H27NO4/c1-10(2)11(12(16)18-6)8-7-9-15-13(17)19-14(3,4)5/h10-11H,7-9H2,1-6H3,(H,15,17)/t11-/m0/s1. The van der Waals surface area contributed by atoms with E-state index >= 15 is 0 Å². The molecule has 0 aliphatic rings. The number of esters is 1. The Morgan fingerprint density at radius 3 is 2.21 bits per heavy atom. The van der Waals surface area contributed by atoms with Gasteiger partial charge in [0.05, 0.1) is 13.0 Å². The lowest BCUT2D eigenvalue weighted by Gasteiger charge is -2.20. The number of amides is 1. The number of carbonyl (C=O) groups is 2. The van der Waals surface area contributed by atoms with Gasteiger partial charge in [-0.05, 0) is 39.5 Å². The largest absolute Gasteiger partial charge is 0.469 e. The van der Waals surface area contributed by atoms with E-state index in [1.165, 1.54) is 7.11 Å². The Kier molecular flexibility index (Phi) is 7.49. The first-order chi connectivity index (χ1) is 8.67. The van der Waals surface area contributed by atoms with Crippen LogP contribution in [0.1, 0.15) is 47.5 Å². The molecule has 1 N–H and O–H groups in total. The van der Waals surface area contributed by atoms with E-state index in [0.717, 1.165) is 6.42 Å². The van der Waals surface area contributed by atoms with Gasteiger partial charge in [0.25, 0.3) is 0 Å². The zero-order chi connectivity index (χ0) is 15.1. The van der Waals surface area contributed by atoms with Crippen molar-refractivity contribution in [2.24, 2.45) is 11.8 Å². The van der Waals surface area contributed by atoms with Gasteiger partial charge >= 0.3 is 12.1 Å². The molecule has 1 amide bonds. The first-order valence-corrected chi connectivity index (χ1v) is 6.72. The average molecular weight is 273 g/mol. The van der Waals surface area contributed by atoms with Gasteiger partial charge in [-0.1, -0.05) is 13.8 Å². The van der Waals surface area contributed by atoms with Crippen molar-refractivity contribution in [3.05, 3.63) is 0 Å². The monoisotopic (exact) mass is 273 g/mol. The smallest absolute Gasteiger partial charge is 0.407 e. The number of alkyl carbamates (subject to hydrolysis) is 1. The fraction of sp³-hybridized carbons (Fsp3) is 0.857. The minimum Gasteiger partial charge on any atom is -0.469 e. The number of nitrogens with one attached hydrogen (secondary N) is 1. The van der Waals surface area contributed by atoms with Crippen LogP contribution in [0.25, 0.3) is 0 Å². The molecule has 0 heterocycles. The van der Waals surface area contributed by atoms with Crippen LogP contribution in [0.3, 0.4) is 0 Å². The van der Waals surface area contributed by atoms with E-state index in [9.17, 15) is 9.59 Å². The highest BCUT2D eigenvalue weighted by Crippen LogP contribution is 2.18. The van der Waals surface area contributed by atoms with E-state index in [2.05, 4.69) is 5.32 Å². The molecule has 0 aromatic rings. The molecular formula is C14H27NO4. The SMILES string of the molecule is COC(=O)[C@@H](CCCNC(=O)OC(C)(C)C)C(C)C. The van der Waals surface area contributed by atoms with Gasteiger partial charge in [0.15, 0.2) is 0 Å². The second-order valence-corrected chi connectivity index (χ2v) is 5.94. The summed E-state index contributed by atoms with van der Waals surface area (Å²) in [6.07, 6.45) is 0.990. The van der Waals surface area contributed by atoms with Crippen molar-refractivity contribution in [1.29, 1.82) is 0 Å². The Bertz CT molecular complexity index is 294. The van der Waals surface area contributed by atoms with E-state index < -0.39 is 11.7 Å². The van der Waals surface area contributed by atoms with Crippen molar-refractivity contribution >= 4 is 12.1 Å². The molecule has 0 aromatic heterocycles. The van der Waals surface area contributed by atoms with Crippen LogP contribution in [-0.2, 0) is 14.3 Å². The van der Waals surface area contributed by atoms with Crippen LogP contribution >= 0.6 is 0 Å². The fourth-order valence-electron chi connectivity index (χ4n) is 1.70. The van der Waals surface area contributed by atoms with Gasteiger partial charge in [-0.15, -0.1) is 0 Å². The molecule has 0 radical (unpaired) electrons. The number of methoxy groups -OCH3 is 1. The fourth-order valence-corrected chi connectivity index (χ4v) is 1.70. The lowest BCUT2D eigenvalue weighted by Crippen LogP contribution is -2.33. The zero-order valence-corrected chi connectivity index (χ0v) is 12.9. The number of hydrogen-bond acceptors (Lipinski definition) is 4. The molecule has 0 spiro atoms. The van der Waals surface area contributed by atoms with E-state index in [1.54, 1.807) is 0 Å². The number of hydrogen-bond donors (Lipinski definition) is 1. The molecule has 0 aliphatic heterocycles. The van der Waals surface area contributed by atoms with Crippen LogP contribution in [0.5, 0.6) is 0 Å². The molecule has 5 nitrogen and oxygen atoms in total. The molecule has 0 saturated carbocycles. The summed E-state index contributed by atoms with van der Waals surface area (Å²) in [6, 6.07) is 0. The number of ether oxygens (including phenoxy) is 2. The van der Waals surface area contributed by atoms with Crippen molar-refractivity contribution in [2.75, 3.05) is 13.7 Å². The maximum Gasteiger partial charge on any atom is 0.407 e. The molecule has 0 rings (SSSR count). The topological polar surface area (TPSA) is 64.6 Å². The summed E-state index contributed by atoms with van der Waals surface area (Å²) in [5.41, 5.74) is -0.490. The summed E-state index contributed by atoms with van der Waals surface area (Å²) in [4.78, 5) is 22.9. The lowest BCUT2D eigenvalue weighted by molar-refractivity contribution is -0.147. The molecule has 0 unspecified atom stereocenters. The van der Waals surface area contributed by atoms with Crippen molar-refractivity contribution in [3.63, 3.8) is 0 Å². The van der Waals surface area contributed by atoms with Crippen molar-refractivity contribution in [3.8, 4) is 0 Å². The summed E-state index contributed by atoms with van der Waals surface area (Å²) >= 11 is 0. The number of rotatable bonds is 6. The van der Waals surface area contributed by atoms with E-state index in [0.29, 0.717) is 13.0 Å². The second kappa shape index (κ2) is 8.02. The maximum atomic E-state index is 11.5. The summed E-state index contributed by atoms with van der Waals surface area (Å²) in [6.45, 7) is 9.93. The van der Waals surface area contributed by atoms with Crippen molar-refractivity contribution in [1.82, 2.24) is 5.32 Å². The minimum atomic E-state index is -0.490. The van der Waals surface area contributed by atoms with Crippen LogP contribution in [0, 0.1) is 11.8 Å². The number of carbonyl (C=O) groups excluding carboxylic acids is 2. The highest BCUT2D eigenvalue weighted by molar-refractivity contribution is 5.72. The van der Waals surface area contributed by atoms with Gasteiger partial charge in [0.1, 0.15) is 5.60 Å². The Balaban J connectivity index is 3.95. The summed E-state index contributed by atoms with van der Waals surface area (Å²) in [5, 5.41) is 2.68. The highest BCUT2D eigenvalue weighted by atomic mass is 16.6. The predicted molar refractivity (Wildman–Crippen MR) is 73.8 cm³/mol. The van der Waals surface area contributed by atoms with Crippen LogP contribution in [-0.4, -0.2) is 31.3 Å². The average Bonchev–Trinajstić information content (AvgIpc) is 2.25. The molecule has 112 valence electrons. The molecule has 1 atom stereocenters. The third-order valence-corrected chi connectivity index (χ3v) is 2.67. The van der Waals surface area contributed by atoms with Crippen LogP contribution in [0.15, 0.2) is 0 Å². The zero-order valence-electron chi connectivity index (χ0n) is 12.9. The van der Waals surface area contributed by atoms with E-state index in [4.69, 9.17) is 9.47 Å². The van der Waals surface area contributed by atoms with E-state index in [-0.39, 0.29) is 17.8 Å². The van der Waals surface area contributed by atoms with Crippen molar-refractivity contribution in [2.45, 2.75) is 53.1 Å². The summed E-state index contributed by atoms with van der Waals surface area (Å²) in [5.74, 6) is -0.0771. The Hall–Kier alpha value is -1.26. The Morgan fingerprint density at radius 2 is 1.79 bits per heavy atom. The molecule has 19 heavy (non-hydrogen) atoms. The molecule has 0 aromatic carbocycles. The normalized spacial score (nSPS) is 13.0. The molecule has 0 fully saturated rings. The molecule has 0 aliphatic carbocycles. The molecule has 5 heteroatoms. The minimum absolute atomic E-state index is 0.120. The van der Waals surface area contributed by atoms with Gasteiger partial charge < -0.3 is 14.8 Å². The third-order valence-electron chi connectivity index (χ3n) is 2.67. The summed E-state index contributed by atoms with van der Waals surface area (Å²) < 4.78 is 9.89. The van der Waals surface area contributed by atoms with Crippen LogP contribution < -0.4 is 5.32 Å². The van der Waals surface area contributed by atoms with Gasteiger partial charge in [-0.2, -0.15) is 0 Å². The first-order valence-electron chi connectivity index (χ1n) is 6.72. The quantitative estimate of drug-likeness (QED) is 0.597. The van der Waals surface area contributed by atoms with Gasteiger partial charge in [-0.3, -0.25) is 4.79 Å². The molecule has 0 bridgehead atoms. The van der Waals surface area contributed by atoms with Gasteiger partial charge in [0.2, 0.25) is 0 Å². The van der Waals surface area contributed by atoms with Crippen LogP contribution in [0.2, 0.25) is 0 Å². The molecular weight excluding hydrogens is 246 g/mol. The Labute approximate surface area is 116 Å². The maximum absolute atomic E-state index is 11.5. The van der Waals surface area contributed by atoms with Gasteiger partial charge in [-0.25, -0.2) is 4.79 Å². The highest BCUT2D eigenvalue weighted by Gasteiger charge is 2.22. The third kappa shape index (κ3) is 8.46. The van der Waals surface area contributed by atoms with Crippen molar-refractivity contribution < 1.29 is 19.1 Å². The van der Waals surface area contributed by atoms with Crippen LogP contribution in [0.4, 0.5) is 4.79 Å². The predicted octanol–water partition coefficient (Wildman–Crippen LogP) is 2.74. The van der Waals surface area contributed by atoms with Gasteiger partial charge in [0, 0.05) is 6.54 Å². The first kappa shape index (κ1) is 17.7. The summed E-state index contributed by atoms with van der Waals surface area (Å²) in [7, 11) is 1.40. The Morgan fingerprint density at radius 1 is 1.21 bits per heavy atom. The lowest BCUT2D eigenvalue weighted by atomic mass is 9.91. The van der Waals surface area contributed by atoms with E-state index in [1.807, 2.05) is 34.6 Å².